The first-order chi connectivity index (χ1) is 9.45. The van der Waals surface area contributed by atoms with Crippen LogP contribution < -0.4 is 0 Å². The molecular weight excluding hydrogens is 316 g/mol. The lowest BCUT2D eigenvalue weighted by Gasteiger charge is -2.16. The Kier molecular flexibility index (Phi) is 4.90. The fraction of sp³-hybridized carbons (Fsp3) is 0.308. The molecule has 7 heteroatoms. The minimum Gasteiger partial charge on any atom is -0.236 e. The molecule has 0 amide bonds. The highest BCUT2D eigenvalue weighted by Gasteiger charge is 2.20. The molecule has 4 nitrogen and oxygen atoms in total. The highest BCUT2D eigenvalue weighted by molar-refractivity contribution is 7.98. The summed E-state index contributed by atoms with van der Waals surface area (Å²) in [4.78, 5) is 4.42. The van der Waals surface area contributed by atoms with Gasteiger partial charge in [-0.05, 0) is 36.6 Å². The lowest BCUT2D eigenvalue weighted by molar-refractivity contribution is 0.489. The number of thioether (sulfide) groups is 1. The molecule has 0 aliphatic heterocycles. The van der Waals surface area contributed by atoms with Gasteiger partial charge in [0.1, 0.15) is 5.15 Å². The molecule has 108 valence electrons. The van der Waals surface area contributed by atoms with Crippen LogP contribution in [0.25, 0.3) is 10.9 Å². The number of halogens is 1. The molecular formula is C13H15ClN2O2S2. The van der Waals surface area contributed by atoms with Crippen LogP contribution in [0.2, 0.25) is 5.15 Å². The van der Waals surface area contributed by atoms with E-state index in [1.54, 1.807) is 49.1 Å². The molecule has 0 radical (unpaired) electrons. The number of nitrogens with zero attached hydrogens (tertiary/aromatic N) is 2. The van der Waals surface area contributed by atoms with E-state index < -0.39 is 10.0 Å². The van der Waals surface area contributed by atoms with Gasteiger partial charge in [0.15, 0.2) is 0 Å². The summed E-state index contributed by atoms with van der Waals surface area (Å²) >= 11 is 7.43. The van der Waals surface area contributed by atoms with Crippen molar-refractivity contribution in [3.63, 3.8) is 0 Å². The third-order valence-corrected chi connectivity index (χ3v) is 5.60. The average molecular weight is 331 g/mol. The van der Waals surface area contributed by atoms with Crippen LogP contribution in [0.5, 0.6) is 0 Å². The van der Waals surface area contributed by atoms with Crippen LogP contribution in [0, 0.1) is 0 Å². The van der Waals surface area contributed by atoms with Gasteiger partial charge in [-0.3, -0.25) is 0 Å². The van der Waals surface area contributed by atoms with Crippen molar-refractivity contribution in [1.82, 2.24) is 9.29 Å². The van der Waals surface area contributed by atoms with Crippen LogP contribution in [-0.4, -0.2) is 43.3 Å². The lowest BCUT2D eigenvalue weighted by atomic mass is 10.2. The standard InChI is InChI=1S/C13H15ClN2O2S2/c1-16(7-8-19-2)20(17,18)11-4-5-12-10(9-11)3-6-13(14)15-12/h3-6,9H,7-8H2,1-2H3. The van der Waals surface area contributed by atoms with Gasteiger partial charge >= 0.3 is 0 Å². The quantitative estimate of drug-likeness (QED) is 0.791. The third kappa shape index (κ3) is 3.25. The molecule has 0 N–H and O–H groups in total. The monoisotopic (exact) mass is 330 g/mol. The van der Waals surface area contributed by atoms with Crippen LogP contribution in [0.15, 0.2) is 35.2 Å². The highest BCUT2D eigenvalue weighted by Crippen LogP contribution is 2.21. The second-order valence-electron chi connectivity index (χ2n) is 4.31. The van der Waals surface area contributed by atoms with Gasteiger partial charge in [-0.15, -0.1) is 0 Å². The van der Waals surface area contributed by atoms with E-state index in [0.29, 0.717) is 17.2 Å². The topological polar surface area (TPSA) is 50.3 Å². The Balaban J connectivity index is 2.39. The Morgan fingerprint density at radius 1 is 1.30 bits per heavy atom. The Hall–Kier alpha value is -0.820. The first-order valence-corrected chi connectivity index (χ1v) is 9.18. The van der Waals surface area contributed by atoms with E-state index in [4.69, 9.17) is 11.6 Å². The van der Waals surface area contributed by atoms with Crippen molar-refractivity contribution in [2.45, 2.75) is 4.90 Å². The molecule has 2 rings (SSSR count). The SMILES string of the molecule is CSCCN(C)S(=O)(=O)c1ccc2nc(Cl)ccc2c1. The Bertz CT molecular complexity index is 719. The minimum absolute atomic E-state index is 0.276. The molecule has 2 aromatic rings. The van der Waals surface area contributed by atoms with Gasteiger partial charge in [0.05, 0.1) is 10.4 Å². The molecule has 20 heavy (non-hydrogen) atoms. The van der Waals surface area contributed by atoms with Gasteiger partial charge < -0.3 is 0 Å². The molecule has 0 saturated carbocycles. The van der Waals surface area contributed by atoms with E-state index in [0.717, 1.165) is 11.1 Å². The number of hydrogen-bond donors (Lipinski definition) is 0. The minimum atomic E-state index is -3.45. The maximum atomic E-state index is 12.4. The molecule has 1 aromatic heterocycles. The molecule has 0 fully saturated rings. The van der Waals surface area contributed by atoms with Gasteiger partial charge in [0.25, 0.3) is 0 Å². The maximum Gasteiger partial charge on any atom is 0.242 e. The summed E-state index contributed by atoms with van der Waals surface area (Å²) in [5, 5.41) is 1.15. The number of sulfonamides is 1. The summed E-state index contributed by atoms with van der Waals surface area (Å²) in [6, 6.07) is 8.29. The normalized spacial score (nSPS) is 12.2. The van der Waals surface area contributed by atoms with Crippen LogP contribution in [0.4, 0.5) is 0 Å². The van der Waals surface area contributed by atoms with E-state index >= 15 is 0 Å². The zero-order chi connectivity index (χ0) is 14.8. The molecule has 0 unspecified atom stereocenters. The lowest BCUT2D eigenvalue weighted by Crippen LogP contribution is -2.29. The van der Waals surface area contributed by atoms with Gasteiger partial charge in [-0.1, -0.05) is 11.6 Å². The number of pyridine rings is 1. The molecule has 0 bridgehead atoms. The van der Waals surface area contributed by atoms with Crippen LogP contribution in [0.3, 0.4) is 0 Å². The van der Waals surface area contributed by atoms with Crippen molar-refractivity contribution < 1.29 is 8.42 Å². The summed E-state index contributed by atoms with van der Waals surface area (Å²) in [7, 11) is -1.86. The largest absolute Gasteiger partial charge is 0.242 e. The van der Waals surface area contributed by atoms with Crippen molar-refractivity contribution in [1.29, 1.82) is 0 Å². The molecule has 0 aliphatic carbocycles. The zero-order valence-electron chi connectivity index (χ0n) is 11.2. The molecule has 0 aliphatic rings. The molecule has 1 heterocycles. The summed E-state index contributed by atoms with van der Waals surface area (Å²) in [5.74, 6) is 0.764. The number of aromatic nitrogens is 1. The maximum absolute atomic E-state index is 12.4. The third-order valence-electron chi connectivity index (χ3n) is 2.95. The van der Waals surface area contributed by atoms with Gasteiger partial charge in [-0.25, -0.2) is 17.7 Å². The van der Waals surface area contributed by atoms with E-state index in [9.17, 15) is 8.42 Å². The van der Waals surface area contributed by atoms with Gasteiger partial charge in [0.2, 0.25) is 10.0 Å². The van der Waals surface area contributed by atoms with E-state index in [2.05, 4.69) is 4.98 Å². The molecule has 1 aromatic carbocycles. The van der Waals surface area contributed by atoms with Crippen LogP contribution in [-0.2, 0) is 10.0 Å². The number of hydrogen-bond acceptors (Lipinski definition) is 4. The summed E-state index contributed by atoms with van der Waals surface area (Å²) < 4.78 is 26.2. The van der Waals surface area contributed by atoms with Crippen LogP contribution in [0.1, 0.15) is 0 Å². The first-order valence-electron chi connectivity index (χ1n) is 5.97. The molecule has 0 spiro atoms. The first kappa shape index (κ1) is 15.6. The smallest absolute Gasteiger partial charge is 0.236 e. The van der Waals surface area contributed by atoms with Crippen molar-refractivity contribution in [3.05, 3.63) is 35.5 Å². The second kappa shape index (κ2) is 6.30. The van der Waals surface area contributed by atoms with Gasteiger partial charge in [-0.2, -0.15) is 11.8 Å². The molecule has 0 atom stereocenters. The zero-order valence-corrected chi connectivity index (χ0v) is 13.6. The predicted molar refractivity (Wildman–Crippen MR) is 85.0 cm³/mol. The summed E-state index contributed by atoms with van der Waals surface area (Å²) in [5.41, 5.74) is 0.684. The second-order valence-corrected chi connectivity index (χ2v) is 7.73. The Morgan fingerprint density at radius 2 is 2.05 bits per heavy atom. The fourth-order valence-electron chi connectivity index (χ4n) is 1.76. The Morgan fingerprint density at radius 3 is 2.75 bits per heavy atom. The number of benzene rings is 1. The summed E-state index contributed by atoms with van der Waals surface area (Å²) in [6.07, 6.45) is 1.95. The highest BCUT2D eigenvalue weighted by atomic mass is 35.5. The fourth-order valence-corrected chi connectivity index (χ4v) is 3.69. The number of rotatable bonds is 5. The predicted octanol–water partition coefficient (Wildman–Crippen LogP) is 2.87. The number of fused-ring (bicyclic) bond motifs is 1. The van der Waals surface area contributed by atoms with Crippen molar-refractivity contribution >= 4 is 44.3 Å². The van der Waals surface area contributed by atoms with Crippen molar-refractivity contribution in [2.24, 2.45) is 0 Å². The van der Waals surface area contributed by atoms with Crippen LogP contribution >= 0.6 is 23.4 Å². The Labute approximate surface area is 128 Å². The summed E-state index contributed by atoms with van der Waals surface area (Å²) in [6.45, 7) is 0.487. The van der Waals surface area contributed by atoms with E-state index in [-0.39, 0.29) is 4.90 Å². The van der Waals surface area contributed by atoms with E-state index in [1.807, 2.05) is 6.26 Å². The van der Waals surface area contributed by atoms with Crippen molar-refractivity contribution in [3.8, 4) is 0 Å². The van der Waals surface area contributed by atoms with Crippen molar-refractivity contribution in [2.75, 3.05) is 25.6 Å². The van der Waals surface area contributed by atoms with Gasteiger partial charge in [0, 0.05) is 24.7 Å². The average Bonchev–Trinajstić information content (AvgIpc) is 2.43. The van der Waals surface area contributed by atoms with E-state index in [1.165, 1.54) is 4.31 Å². The molecule has 0 saturated heterocycles.